The van der Waals surface area contributed by atoms with Crippen molar-refractivity contribution < 1.29 is 0 Å². The van der Waals surface area contributed by atoms with E-state index < -0.39 is 22.7 Å². The topological polar surface area (TPSA) is 0 Å². The van der Waals surface area contributed by atoms with Gasteiger partial charge in [0.2, 0.25) is 0 Å². The molecule has 0 aliphatic heterocycles. The molecular weight excluding hydrogens is 446 g/mol. The summed E-state index contributed by atoms with van der Waals surface area (Å²) in [6.07, 6.45) is 24.3. The van der Waals surface area contributed by atoms with E-state index in [1.165, 1.54) is 10.4 Å². The quantitative estimate of drug-likeness (QED) is 0.429. The van der Waals surface area contributed by atoms with Crippen molar-refractivity contribution in [2.45, 2.75) is 107 Å². The summed E-state index contributed by atoms with van der Waals surface area (Å²) in [5.74, 6) is 0. The van der Waals surface area contributed by atoms with Crippen LogP contribution in [0.4, 0.5) is 0 Å². The molecule has 0 atom stereocenters. The van der Waals surface area contributed by atoms with Crippen LogP contribution in [-0.2, 0) is 0 Å². The van der Waals surface area contributed by atoms with Gasteiger partial charge in [-0.3, -0.25) is 0 Å². The summed E-state index contributed by atoms with van der Waals surface area (Å²) in [4.78, 5) is 0. The van der Waals surface area contributed by atoms with Crippen LogP contribution >= 0.6 is 0 Å². The Balaban J connectivity index is 0.00000147. The van der Waals surface area contributed by atoms with Crippen molar-refractivity contribution in [2.24, 2.45) is 0 Å². The molecule has 0 spiro atoms. The van der Waals surface area contributed by atoms with E-state index in [0.29, 0.717) is 0 Å². The van der Waals surface area contributed by atoms with Crippen LogP contribution in [0.5, 0.6) is 0 Å². The normalized spacial score (nSPS) is 27.4. The SMILES string of the molecule is C1CC[CH]([Pb]([CH]2CCCCC2)[CH]2CCCCC2)CC1.[Na]. The Bertz CT molecular complexity index is 207. The van der Waals surface area contributed by atoms with E-state index in [9.17, 15) is 0 Å². The largest absolute Gasteiger partial charge is 0 e. The number of hydrogen-bond acceptors (Lipinski definition) is 0. The minimum atomic E-state index is -1.34. The molecule has 3 rings (SSSR count). The summed E-state index contributed by atoms with van der Waals surface area (Å²) in [6, 6.07) is 0. The van der Waals surface area contributed by atoms with Crippen LogP contribution in [0.3, 0.4) is 0 Å². The van der Waals surface area contributed by atoms with Crippen LogP contribution in [0.25, 0.3) is 0 Å². The molecule has 0 bridgehead atoms. The zero-order valence-electron chi connectivity index (χ0n) is 13.8. The third kappa shape index (κ3) is 4.96. The molecule has 110 valence electrons. The van der Waals surface area contributed by atoms with E-state index in [2.05, 4.69) is 0 Å². The molecule has 0 heterocycles. The van der Waals surface area contributed by atoms with E-state index in [4.69, 9.17) is 0 Å². The average Bonchev–Trinajstić information content (AvgIpc) is 2.51. The van der Waals surface area contributed by atoms with Crippen molar-refractivity contribution in [1.29, 1.82) is 0 Å². The standard InChI is InChI=1S/3C6H11.Na.Pb/c3*1-2-4-6-5-3-1;;/h3*1H,2-6H2;;. The summed E-state index contributed by atoms with van der Waals surface area (Å²) >= 11 is -1.34. The Morgan fingerprint density at radius 3 is 0.900 bits per heavy atom. The zero-order valence-corrected chi connectivity index (χ0v) is 19.7. The maximum Gasteiger partial charge on any atom is 0 e. The Kier molecular flexibility index (Phi) is 9.07. The van der Waals surface area contributed by atoms with E-state index in [-0.39, 0.29) is 29.6 Å². The predicted octanol–water partition coefficient (Wildman–Crippen LogP) is 6.10. The maximum atomic E-state index is 1.68. The molecule has 0 nitrogen and oxygen atoms in total. The molecule has 20 heavy (non-hydrogen) atoms. The van der Waals surface area contributed by atoms with Crippen LogP contribution in [0.2, 0.25) is 10.4 Å². The fourth-order valence-electron chi connectivity index (χ4n) is 5.31. The van der Waals surface area contributed by atoms with E-state index >= 15 is 0 Å². The number of rotatable bonds is 3. The fourth-order valence-corrected chi connectivity index (χ4v) is 25.6. The molecule has 3 fully saturated rings. The predicted molar refractivity (Wildman–Crippen MR) is 92.0 cm³/mol. The van der Waals surface area contributed by atoms with Crippen molar-refractivity contribution >= 4 is 52.3 Å². The maximum absolute atomic E-state index is 1.68. The fraction of sp³-hybridized carbons (Fsp3) is 1.00. The van der Waals surface area contributed by atoms with E-state index in [1.807, 2.05) is 0 Å². The van der Waals surface area contributed by atoms with Crippen LogP contribution < -0.4 is 0 Å². The van der Waals surface area contributed by atoms with Gasteiger partial charge in [-0.05, 0) is 0 Å². The summed E-state index contributed by atoms with van der Waals surface area (Å²) in [7, 11) is 0. The van der Waals surface area contributed by atoms with Gasteiger partial charge in [-0.25, -0.2) is 0 Å². The second kappa shape index (κ2) is 9.93. The Labute approximate surface area is 157 Å². The van der Waals surface area contributed by atoms with Gasteiger partial charge in [0, 0.05) is 29.6 Å². The molecule has 0 amide bonds. The molecule has 0 unspecified atom stereocenters. The van der Waals surface area contributed by atoms with Crippen LogP contribution in [0, 0.1) is 0 Å². The van der Waals surface area contributed by atoms with Gasteiger partial charge in [0.05, 0.1) is 0 Å². The molecule has 3 aliphatic carbocycles. The van der Waals surface area contributed by atoms with Gasteiger partial charge in [-0.15, -0.1) is 0 Å². The Morgan fingerprint density at radius 1 is 0.400 bits per heavy atom. The van der Waals surface area contributed by atoms with Crippen molar-refractivity contribution in [3.63, 3.8) is 0 Å². The van der Waals surface area contributed by atoms with E-state index in [1.54, 1.807) is 96.3 Å². The summed E-state index contributed by atoms with van der Waals surface area (Å²) in [5.41, 5.74) is 0. The first-order chi connectivity index (χ1) is 9.45. The first-order valence-corrected chi connectivity index (χ1v) is 16.0. The molecule has 0 aromatic carbocycles. The molecule has 2 radical (unpaired) electrons. The van der Waals surface area contributed by atoms with Gasteiger partial charge in [-0.2, -0.15) is 0 Å². The molecular formula is C18H33NaPb. The molecule has 3 saturated carbocycles. The van der Waals surface area contributed by atoms with Gasteiger partial charge in [0.25, 0.3) is 0 Å². The van der Waals surface area contributed by atoms with Gasteiger partial charge < -0.3 is 0 Å². The van der Waals surface area contributed by atoms with Crippen LogP contribution in [0.1, 0.15) is 96.3 Å². The zero-order chi connectivity index (χ0) is 12.9. The first kappa shape index (κ1) is 18.3. The van der Waals surface area contributed by atoms with Crippen LogP contribution in [-0.4, -0.2) is 52.3 Å². The minimum Gasteiger partial charge on any atom is 0 e. The second-order valence-corrected chi connectivity index (χ2v) is 20.9. The summed E-state index contributed by atoms with van der Waals surface area (Å²) in [6.45, 7) is 0. The van der Waals surface area contributed by atoms with E-state index in [0.717, 1.165) is 0 Å². The minimum absolute atomic E-state index is 0. The monoisotopic (exact) mass is 480 g/mol. The number of hydrogen-bond donors (Lipinski definition) is 0. The molecule has 2 heteroatoms. The molecule has 0 N–H and O–H groups in total. The van der Waals surface area contributed by atoms with Gasteiger partial charge in [0.15, 0.2) is 0 Å². The Hall–Kier alpha value is 1.92. The first-order valence-electron chi connectivity index (χ1n) is 9.32. The van der Waals surface area contributed by atoms with Crippen molar-refractivity contribution in [3.8, 4) is 0 Å². The van der Waals surface area contributed by atoms with Crippen molar-refractivity contribution in [2.75, 3.05) is 0 Å². The third-order valence-corrected chi connectivity index (χ3v) is 24.0. The molecule has 0 aromatic rings. The smallest absolute Gasteiger partial charge is 0 e. The molecule has 0 aromatic heterocycles. The molecule has 0 saturated heterocycles. The Morgan fingerprint density at radius 2 is 0.650 bits per heavy atom. The molecule has 3 aliphatic rings. The van der Waals surface area contributed by atoms with Gasteiger partial charge in [-0.1, -0.05) is 0 Å². The van der Waals surface area contributed by atoms with Crippen molar-refractivity contribution in [1.82, 2.24) is 0 Å². The van der Waals surface area contributed by atoms with Crippen LogP contribution in [0.15, 0.2) is 0 Å². The van der Waals surface area contributed by atoms with Crippen molar-refractivity contribution in [3.05, 3.63) is 0 Å². The third-order valence-electron chi connectivity index (χ3n) is 6.23. The summed E-state index contributed by atoms with van der Waals surface area (Å²) < 4.78 is 4.01. The van der Waals surface area contributed by atoms with Gasteiger partial charge >= 0.3 is 129 Å². The second-order valence-electron chi connectivity index (χ2n) is 7.50. The summed E-state index contributed by atoms with van der Waals surface area (Å²) in [5, 5.41) is 0. The average molecular weight is 480 g/mol. The van der Waals surface area contributed by atoms with Gasteiger partial charge in [0.1, 0.15) is 0 Å².